The number of Topliss-reactive ketones (excluding diaryl/α,β-unsaturated/α-hetero) is 1. The molecule has 1 atom stereocenters. The third-order valence-electron chi connectivity index (χ3n) is 5.07. The number of piperazine rings is 1. The Morgan fingerprint density at radius 2 is 1.80 bits per heavy atom. The zero-order chi connectivity index (χ0) is 17.2. The van der Waals surface area contributed by atoms with Gasteiger partial charge in [0.15, 0.2) is 0 Å². The minimum Gasteiger partial charge on any atom is -0.369 e. The van der Waals surface area contributed by atoms with Crippen LogP contribution in [0.15, 0.2) is 24.3 Å². The smallest absolute Gasteiger partial charge is 0.369 e. The lowest BCUT2D eigenvalue weighted by Gasteiger charge is -2.38. The SMILES string of the molecule is Br.O=C1CCCCC1CN1CCN(c2cccc(C(F)(F)F)c2)CC1. The van der Waals surface area contributed by atoms with Crippen LogP contribution >= 0.6 is 17.0 Å². The Labute approximate surface area is 156 Å². The Hall–Kier alpha value is -1.08. The Morgan fingerprint density at radius 1 is 1.08 bits per heavy atom. The van der Waals surface area contributed by atoms with Crippen molar-refractivity contribution in [2.45, 2.75) is 31.9 Å². The number of alkyl halides is 3. The van der Waals surface area contributed by atoms with Gasteiger partial charge in [0, 0.05) is 50.7 Å². The van der Waals surface area contributed by atoms with Crippen molar-refractivity contribution in [1.29, 1.82) is 0 Å². The average molecular weight is 421 g/mol. The van der Waals surface area contributed by atoms with E-state index < -0.39 is 11.7 Å². The second kappa shape index (κ2) is 8.54. The van der Waals surface area contributed by atoms with Gasteiger partial charge in [-0.1, -0.05) is 12.5 Å². The van der Waals surface area contributed by atoms with Crippen LogP contribution in [0.1, 0.15) is 31.2 Å². The lowest BCUT2D eigenvalue weighted by molar-refractivity contribution is -0.137. The van der Waals surface area contributed by atoms with Crippen molar-refractivity contribution in [2.24, 2.45) is 5.92 Å². The van der Waals surface area contributed by atoms with Crippen LogP contribution < -0.4 is 4.90 Å². The van der Waals surface area contributed by atoms with Gasteiger partial charge in [0.05, 0.1) is 5.56 Å². The number of anilines is 1. The number of carbonyl (C=O) groups is 1. The van der Waals surface area contributed by atoms with Crippen molar-refractivity contribution in [3.8, 4) is 0 Å². The number of benzene rings is 1. The quantitative estimate of drug-likeness (QED) is 0.732. The van der Waals surface area contributed by atoms with Crippen molar-refractivity contribution in [3.63, 3.8) is 0 Å². The number of carbonyl (C=O) groups excluding carboxylic acids is 1. The molecule has 0 spiro atoms. The molecular formula is C18H24BrF3N2O. The predicted octanol–water partition coefficient (Wildman–Crippen LogP) is 4.16. The average Bonchev–Trinajstić information content (AvgIpc) is 2.57. The highest BCUT2D eigenvalue weighted by atomic mass is 79.9. The number of halogens is 4. The maximum atomic E-state index is 12.8. The molecule has 0 amide bonds. The summed E-state index contributed by atoms with van der Waals surface area (Å²) in [6.45, 7) is 3.78. The Bertz CT molecular complexity index is 586. The van der Waals surface area contributed by atoms with Crippen LogP contribution in [-0.4, -0.2) is 43.4 Å². The molecule has 0 aromatic heterocycles. The van der Waals surface area contributed by atoms with Crippen LogP contribution in [0.3, 0.4) is 0 Å². The van der Waals surface area contributed by atoms with E-state index in [0.29, 0.717) is 31.0 Å². The highest BCUT2D eigenvalue weighted by molar-refractivity contribution is 8.93. The number of nitrogens with zero attached hydrogens (tertiary/aromatic N) is 2. The molecule has 0 radical (unpaired) electrons. The van der Waals surface area contributed by atoms with Crippen molar-refractivity contribution in [2.75, 3.05) is 37.6 Å². The fourth-order valence-electron chi connectivity index (χ4n) is 3.63. The van der Waals surface area contributed by atoms with Gasteiger partial charge in [-0.25, -0.2) is 0 Å². The number of hydrogen-bond donors (Lipinski definition) is 0. The molecule has 0 bridgehead atoms. The normalized spacial score (nSPS) is 22.6. The van der Waals surface area contributed by atoms with Gasteiger partial charge in [-0.2, -0.15) is 13.2 Å². The topological polar surface area (TPSA) is 23.6 Å². The molecule has 7 heteroatoms. The third-order valence-corrected chi connectivity index (χ3v) is 5.07. The molecule has 1 saturated heterocycles. The van der Waals surface area contributed by atoms with Gasteiger partial charge in [0.25, 0.3) is 0 Å². The largest absolute Gasteiger partial charge is 0.416 e. The molecule has 1 unspecified atom stereocenters. The van der Waals surface area contributed by atoms with Crippen LogP contribution in [0.25, 0.3) is 0 Å². The monoisotopic (exact) mass is 420 g/mol. The van der Waals surface area contributed by atoms with Gasteiger partial charge < -0.3 is 4.90 Å². The fraction of sp³-hybridized carbons (Fsp3) is 0.611. The Balaban J connectivity index is 0.00000225. The summed E-state index contributed by atoms with van der Waals surface area (Å²) < 4.78 is 38.5. The molecule has 1 aliphatic heterocycles. The maximum absolute atomic E-state index is 12.8. The van der Waals surface area contributed by atoms with Crippen LogP contribution in [0.2, 0.25) is 0 Å². The summed E-state index contributed by atoms with van der Waals surface area (Å²) in [5, 5.41) is 0. The van der Waals surface area contributed by atoms with Gasteiger partial charge in [-0.3, -0.25) is 9.69 Å². The molecule has 1 aliphatic carbocycles. The molecule has 1 aromatic carbocycles. The lowest BCUT2D eigenvalue weighted by atomic mass is 9.87. The molecule has 0 N–H and O–H groups in total. The molecule has 1 heterocycles. The van der Waals surface area contributed by atoms with Gasteiger partial charge in [0.2, 0.25) is 0 Å². The second-order valence-electron chi connectivity index (χ2n) is 6.74. The first-order valence-corrected chi connectivity index (χ1v) is 8.61. The minimum atomic E-state index is -4.31. The van der Waals surface area contributed by atoms with Crippen molar-refractivity contribution in [3.05, 3.63) is 29.8 Å². The first kappa shape index (κ1) is 20.2. The number of hydrogen-bond acceptors (Lipinski definition) is 3. The lowest BCUT2D eigenvalue weighted by Crippen LogP contribution is -2.48. The summed E-state index contributed by atoms with van der Waals surface area (Å²) >= 11 is 0. The molecule has 2 aliphatic rings. The Morgan fingerprint density at radius 3 is 2.44 bits per heavy atom. The van der Waals surface area contributed by atoms with Crippen LogP contribution in [-0.2, 0) is 11.0 Å². The van der Waals surface area contributed by atoms with E-state index in [1.165, 1.54) is 12.1 Å². The molecule has 1 aromatic rings. The van der Waals surface area contributed by atoms with E-state index in [9.17, 15) is 18.0 Å². The third kappa shape index (κ3) is 5.20. The summed E-state index contributed by atoms with van der Waals surface area (Å²) in [4.78, 5) is 16.2. The Kier molecular flexibility index (Phi) is 6.91. The fourth-order valence-corrected chi connectivity index (χ4v) is 3.63. The first-order chi connectivity index (χ1) is 11.4. The van der Waals surface area contributed by atoms with Crippen LogP contribution in [0, 0.1) is 5.92 Å². The summed E-state index contributed by atoms with van der Waals surface area (Å²) in [6.07, 6.45) is -0.486. The van der Waals surface area contributed by atoms with Gasteiger partial charge in [0.1, 0.15) is 5.78 Å². The van der Waals surface area contributed by atoms with E-state index in [1.54, 1.807) is 6.07 Å². The molecular weight excluding hydrogens is 397 g/mol. The van der Waals surface area contributed by atoms with E-state index in [-0.39, 0.29) is 22.9 Å². The van der Waals surface area contributed by atoms with Crippen molar-refractivity contribution >= 4 is 28.5 Å². The minimum absolute atomic E-state index is 0. The molecule has 3 nitrogen and oxygen atoms in total. The molecule has 3 rings (SSSR count). The van der Waals surface area contributed by atoms with E-state index in [0.717, 1.165) is 45.0 Å². The molecule has 140 valence electrons. The molecule has 2 fully saturated rings. The first-order valence-electron chi connectivity index (χ1n) is 8.61. The van der Waals surface area contributed by atoms with Crippen LogP contribution in [0.5, 0.6) is 0 Å². The predicted molar refractivity (Wildman–Crippen MR) is 97.4 cm³/mol. The van der Waals surface area contributed by atoms with Crippen molar-refractivity contribution in [1.82, 2.24) is 4.90 Å². The number of rotatable bonds is 3. The van der Waals surface area contributed by atoms with E-state index in [2.05, 4.69) is 4.90 Å². The number of ketones is 1. The zero-order valence-corrected chi connectivity index (χ0v) is 15.8. The second-order valence-corrected chi connectivity index (χ2v) is 6.74. The van der Waals surface area contributed by atoms with Gasteiger partial charge in [-0.05, 0) is 31.0 Å². The highest BCUT2D eigenvalue weighted by Gasteiger charge is 2.31. The van der Waals surface area contributed by atoms with E-state index in [1.807, 2.05) is 4.90 Å². The van der Waals surface area contributed by atoms with Gasteiger partial charge >= 0.3 is 6.18 Å². The molecule has 1 saturated carbocycles. The summed E-state index contributed by atoms with van der Waals surface area (Å²) in [5.41, 5.74) is 0.0217. The summed E-state index contributed by atoms with van der Waals surface area (Å²) in [7, 11) is 0. The highest BCUT2D eigenvalue weighted by Crippen LogP contribution is 2.32. The van der Waals surface area contributed by atoms with Crippen LogP contribution in [0.4, 0.5) is 18.9 Å². The van der Waals surface area contributed by atoms with E-state index in [4.69, 9.17) is 0 Å². The van der Waals surface area contributed by atoms with Gasteiger partial charge in [-0.15, -0.1) is 17.0 Å². The standard InChI is InChI=1S/C18H23F3N2O.BrH/c19-18(20,21)15-5-3-6-16(12-15)23-10-8-22(9-11-23)13-14-4-1-2-7-17(14)24;/h3,5-6,12,14H,1-2,4,7-11,13H2;1H. The maximum Gasteiger partial charge on any atom is 0.416 e. The summed E-state index contributed by atoms with van der Waals surface area (Å²) in [6, 6.07) is 5.52. The van der Waals surface area contributed by atoms with E-state index >= 15 is 0 Å². The zero-order valence-electron chi connectivity index (χ0n) is 14.1. The molecule has 25 heavy (non-hydrogen) atoms. The van der Waals surface area contributed by atoms with Crippen molar-refractivity contribution < 1.29 is 18.0 Å². The summed E-state index contributed by atoms with van der Waals surface area (Å²) in [5.74, 6) is 0.528.